The maximum Gasteiger partial charge on any atom is 0.106 e. The summed E-state index contributed by atoms with van der Waals surface area (Å²) in [6, 6.07) is 13.6. The first-order chi connectivity index (χ1) is 21.0. The molecule has 1 aliphatic heterocycles. The number of carbonyl (C=O) groups is 1. The second-order valence-corrected chi connectivity index (χ2v) is 13.9. The van der Waals surface area contributed by atoms with Crippen LogP contribution in [0.3, 0.4) is 0 Å². The van der Waals surface area contributed by atoms with Crippen molar-refractivity contribution in [3.05, 3.63) is 88.0 Å². The van der Waals surface area contributed by atoms with Gasteiger partial charge in [0.25, 0.3) is 0 Å². The van der Waals surface area contributed by atoms with Crippen molar-refractivity contribution in [1.82, 2.24) is 0 Å². The van der Waals surface area contributed by atoms with Crippen LogP contribution in [-0.2, 0) is 4.79 Å². The predicted octanol–water partition coefficient (Wildman–Crippen LogP) is 11.2. The summed E-state index contributed by atoms with van der Waals surface area (Å²) >= 11 is 7.33. The maximum atomic E-state index is 8.00. The molecule has 1 unspecified atom stereocenters. The van der Waals surface area contributed by atoms with Crippen molar-refractivity contribution in [3.63, 3.8) is 0 Å². The Labute approximate surface area is 277 Å². The van der Waals surface area contributed by atoms with Crippen molar-refractivity contribution in [1.29, 1.82) is 0 Å². The van der Waals surface area contributed by atoms with E-state index in [9.17, 15) is 0 Å². The summed E-state index contributed by atoms with van der Waals surface area (Å²) in [5.41, 5.74) is 7.04. The number of hydrogen-bond donors (Lipinski definition) is 0. The van der Waals surface area contributed by atoms with Crippen molar-refractivity contribution in [2.75, 3.05) is 30.5 Å². The smallest absolute Gasteiger partial charge is 0.106 e. The predicted molar refractivity (Wildman–Crippen MR) is 197 cm³/mol. The highest BCUT2D eigenvalue weighted by Gasteiger charge is 2.27. The van der Waals surface area contributed by atoms with E-state index >= 15 is 0 Å². The number of hydrogen-bond acceptors (Lipinski definition) is 7. The lowest BCUT2D eigenvalue weighted by Crippen LogP contribution is -2.17. The Morgan fingerprint density at radius 3 is 2.40 bits per heavy atom. The summed E-state index contributed by atoms with van der Waals surface area (Å²) in [5.74, 6) is 0.685. The van der Waals surface area contributed by atoms with Gasteiger partial charge in [0, 0.05) is 32.7 Å². The molecule has 2 aromatic rings. The quantitative estimate of drug-likeness (QED) is 0.168. The van der Waals surface area contributed by atoms with Crippen molar-refractivity contribution in [3.8, 4) is 0 Å². The standard InChI is InChI=1S/C33H38N2S4.C2H6.CH2O/c1-6-34-32(38-30-14-12-27(36-4)16-22(30)3)19-23-8-10-25-11-9-24(18-26(25)17-23)20-33-35(7-2)29-21-28(37-5)13-15-31(29)39-33;2*1-2/h12-21,25H,6-11H2,1-5H3;1-2H3;1H2/b23-19+,33-20-,34-32?;;. The van der Waals surface area contributed by atoms with Gasteiger partial charge in [-0.25, -0.2) is 0 Å². The maximum absolute atomic E-state index is 8.00. The molecule has 0 amide bonds. The Hall–Kier alpha value is -2.06. The van der Waals surface area contributed by atoms with Gasteiger partial charge in [-0.2, -0.15) is 0 Å². The molecule has 3 nitrogen and oxygen atoms in total. The second kappa shape index (κ2) is 18.0. The van der Waals surface area contributed by atoms with E-state index < -0.39 is 0 Å². The van der Waals surface area contributed by atoms with Gasteiger partial charge in [0.15, 0.2) is 0 Å². The van der Waals surface area contributed by atoms with Crippen LogP contribution in [0.25, 0.3) is 0 Å². The highest BCUT2D eigenvalue weighted by molar-refractivity contribution is 8.14. The molecule has 0 radical (unpaired) electrons. The number of anilines is 1. The van der Waals surface area contributed by atoms with E-state index in [1.54, 1.807) is 23.5 Å². The monoisotopic (exact) mass is 650 g/mol. The van der Waals surface area contributed by atoms with E-state index in [2.05, 4.69) is 98.9 Å². The number of fused-ring (bicyclic) bond motifs is 2. The Kier molecular flexibility index (Phi) is 14.9. The first-order valence-corrected chi connectivity index (χ1v) is 19.2. The number of carbonyl (C=O) groups excluding carboxylic acids is 1. The van der Waals surface area contributed by atoms with E-state index in [0.29, 0.717) is 5.92 Å². The fraction of sp³-hybridized carbons (Fsp3) is 0.389. The fourth-order valence-corrected chi connectivity index (χ4v) is 8.54. The molecule has 0 saturated carbocycles. The molecule has 0 saturated heterocycles. The molecule has 0 fully saturated rings. The van der Waals surface area contributed by atoms with Gasteiger partial charge in [-0.1, -0.05) is 49.5 Å². The zero-order valence-electron chi connectivity index (χ0n) is 26.7. The summed E-state index contributed by atoms with van der Waals surface area (Å²) in [4.78, 5) is 20.7. The lowest BCUT2D eigenvalue weighted by Gasteiger charge is -2.29. The topological polar surface area (TPSA) is 32.7 Å². The molecule has 43 heavy (non-hydrogen) atoms. The molecule has 5 rings (SSSR count). The van der Waals surface area contributed by atoms with Crippen LogP contribution in [0.2, 0.25) is 0 Å². The van der Waals surface area contributed by atoms with E-state index in [0.717, 1.165) is 24.6 Å². The third kappa shape index (κ3) is 9.23. The van der Waals surface area contributed by atoms with Crippen LogP contribution in [0.15, 0.2) is 107 Å². The number of allylic oxidation sites excluding steroid dienone is 6. The number of nitrogens with zero attached hydrogens (tertiary/aromatic N) is 2. The second-order valence-electron chi connectivity index (χ2n) is 10.1. The molecule has 1 atom stereocenters. The van der Waals surface area contributed by atoms with Crippen LogP contribution in [-0.4, -0.2) is 37.4 Å². The number of aryl methyl sites for hydroxylation is 1. The van der Waals surface area contributed by atoms with Crippen molar-refractivity contribution >= 4 is 64.6 Å². The molecule has 2 aromatic carbocycles. The summed E-state index contributed by atoms with van der Waals surface area (Å²) in [6.07, 6.45) is 18.8. The normalized spacial score (nSPS) is 19.5. The van der Waals surface area contributed by atoms with Crippen LogP contribution in [0.4, 0.5) is 5.69 Å². The number of aliphatic imine (C=N–C) groups is 1. The van der Waals surface area contributed by atoms with Gasteiger partial charge in [0.1, 0.15) is 6.79 Å². The van der Waals surface area contributed by atoms with E-state index in [4.69, 9.17) is 9.79 Å². The van der Waals surface area contributed by atoms with Gasteiger partial charge < -0.3 is 9.69 Å². The van der Waals surface area contributed by atoms with Crippen molar-refractivity contribution in [2.24, 2.45) is 10.9 Å². The fourth-order valence-electron chi connectivity index (χ4n) is 5.43. The average molecular weight is 651 g/mol. The number of rotatable bonds is 7. The molecule has 1 heterocycles. The van der Waals surface area contributed by atoms with Gasteiger partial charge in [0.2, 0.25) is 0 Å². The SMILES string of the molecule is C=O.CC.CCN=C(/C=C1/C=C2C=C(/C=C3\Sc4ccc(SC)cc4N3CC)CCC2CC1)Sc1ccc(SC)cc1C. The summed E-state index contributed by atoms with van der Waals surface area (Å²) in [5, 5.41) is 2.48. The molecule has 3 aliphatic rings. The van der Waals surface area contributed by atoms with E-state index in [1.165, 1.54) is 71.8 Å². The lowest BCUT2D eigenvalue weighted by molar-refractivity contribution is -0.0980. The van der Waals surface area contributed by atoms with Crippen LogP contribution in [0.1, 0.15) is 58.9 Å². The molecular weight excluding hydrogens is 605 g/mol. The molecule has 7 heteroatoms. The van der Waals surface area contributed by atoms with Crippen LogP contribution < -0.4 is 4.90 Å². The lowest BCUT2D eigenvalue weighted by atomic mass is 9.77. The minimum Gasteiger partial charge on any atom is -0.335 e. The Morgan fingerprint density at radius 1 is 1.02 bits per heavy atom. The Balaban J connectivity index is 0.00000121. The first-order valence-electron chi connectivity index (χ1n) is 15.1. The van der Waals surface area contributed by atoms with Gasteiger partial charge in [-0.05, 0) is 136 Å². The minimum absolute atomic E-state index is 0.685. The Bertz CT molecular complexity index is 1410. The highest BCUT2D eigenvalue weighted by Crippen LogP contribution is 2.48. The van der Waals surface area contributed by atoms with E-state index in [1.807, 2.05) is 44.2 Å². The third-order valence-electron chi connectivity index (χ3n) is 7.52. The molecule has 0 aromatic heterocycles. The third-order valence-corrected chi connectivity index (χ3v) is 11.2. The molecule has 230 valence electrons. The van der Waals surface area contributed by atoms with Gasteiger partial charge in [0.05, 0.1) is 15.8 Å². The zero-order chi connectivity index (χ0) is 31.4. The van der Waals surface area contributed by atoms with Gasteiger partial charge >= 0.3 is 0 Å². The van der Waals surface area contributed by atoms with Crippen LogP contribution in [0.5, 0.6) is 0 Å². The van der Waals surface area contributed by atoms with Crippen LogP contribution >= 0.6 is 47.0 Å². The first kappa shape index (κ1) is 35.4. The summed E-state index contributed by atoms with van der Waals surface area (Å²) in [6.45, 7) is 14.4. The summed E-state index contributed by atoms with van der Waals surface area (Å²) < 4.78 is 0. The van der Waals surface area contributed by atoms with Gasteiger partial charge in [-0.3, -0.25) is 4.99 Å². The molecule has 0 N–H and O–H groups in total. The largest absolute Gasteiger partial charge is 0.335 e. The summed E-state index contributed by atoms with van der Waals surface area (Å²) in [7, 11) is 0. The number of benzene rings is 2. The molecule has 0 bridgehead atoms. The van der Waals surface area contributed by atoms with Crippen molar-refractivity contribution < 1.29 is 4.79 Å². The zero-order valence-corrected chi connectivity index (χ0v) is 30.0. The minimum atomic E-state index is 0.685. The highest BCUT2D eigenvalue weighted by atomic mass is 32.2. The van der Waals surface area contributed by atoms with Gasteiger partial charge in [-0.15, -0.1) is 23.5 Å². The van der Waals surface area contributed by atoms with Crippen LogP contribution in [0, 0.1) is 12.8 Å². The van der Waals surface area contributed by atoms with Crippen molar-refractivity contribution in [2.45, 2.75) is 79.9 Å². The average Bonchev–Trinajstić information content (AvgIpc) is 3.39. The number of thioether (sulfide) groups is 4. The molecule has 0 spiro atoms. The molecular formula is C36H46N2OS4. The molecule has 2 aliphatic carbocycles. The Morgan fingerprint density at radius 2 is 1.72 bits per heavy atom. The van der Waals surface area contributed by atoms with E-state index in [-0.39, 0.29) is 0 Å².